The fraction of sp³-hybridized carbons (Fsp3) is 0.100. The number of nitrogens with zero attached hydrogens (tertiary/aromatic N) is 2. The molecule has 0 saturated carbocycles. The molecule has 1 aromatic heterocycles. The molecule has 1 radical (unpaired) electrons. The van der Waals surface area contributed by atoms with Gasteiger partial charge in [-0.05, 0) is 12.1 Å². The summed E-state index contributed by atoms with van der Waals surface area (Å²) in [6, 6.07) is 7.45. The molecule has 4 nitrogen and oxygen atoms in total. The van der Waals surface area contributed by atoms with Crippen LogP contribution < -0.4 is 4.74 Å². The van der Waals surface area contributed by atoms with Gasteiger partial charge < -0.3 is 9.26 Å². The molecule has 0 spiro atoms. The van der Waals surface area contributed by atoms with Crippen molar-refractivity contribution < 1.29 is 9.26 Å². The van der Waals surface area contributed by atoms with Crippen molar-refractivity contribution in [1.82, 2.24) is 10.1 Å². The first-order valence-electron chi connectivity index (χ1n) is 4.10. The lowest BCUT2D eigenvalue weighted by molar-refractivity contribution is 0.404. The average molecular weight is 189 g/mol. The van der Waals surface area contributed by atoms with Crippen LogP contribution in [0.15, 0.2) is 28.8 Å². The van der Waals surface area contributed by atoms with Gasteiger partial charge in [0, 0.05) is 6.92 Å². The van der Waals surface area contributed by atoms with E-state index in [9.17, 15) is 0 Å². The highest BCUT2D eigenvalue weighted by atomic mass is 16.5. The molecule has 0 bridgehead atoms. The van der Waals surface area contributed by atoms with E-state index < -0.39 is 0 Å². The number of ether oxygens (including phenoxy) is 1. The van der Waals surface area contributed by atoms with Crippen molar-refractivity contribution in [3.8, 4) is 17.2 Å². The molecule has 0 aliphatic carbocycles. The van der Waals surface area contributed by atoms with Gasteiger partial charge in [-0.3, -0.25) is 0 Å². The van der Waals surface area contributed by atoms with Gasteiger partial charge in [-0.1, -0.05) is 17.3 Å². The second kappa shape index (κ2) is 3.49. The van der Waals surface area contributed by atoms with E-state index >= 15 is 0 Å². The molecule has 0 aliphatic rings. The van der Waals surface area contributed by atoms with Gasteiger partial charge in [-0.25, -0.2) is 0 Å². The number of hydrogen-bond acceptors (Lipinski definition) is 4. The second-order valence-electron chi connectivity index (χ2n) is 2.72. The summed E-state index contributed by atoms with van der Waals surface area (Å²) in [6.07, 6.45) is 0. The normalized spacial score (nSPS) is 10.1. The third-order valence-corrected chi connectivity index (χ3v) is 1.81. The predicted octanol–water partition coefficient (Wildman–Crippen LogP) is 1.93. The SMILES string of the molecule is [CH2]c1noc(-c2ccccc2OC)n1. The molecule has 2 rings (SSSR count). The highest BCUT2D eigenvalue weighted by Crippen LogP contribution is 2.27. The number of aromatic nitrogens is 2. The number of methoxy groups -OCH3 is 1. The molecule has 1 heterocycles. The lowest BCUT2D eigenvalue weighted by Gasteiger charge is -2.02. The van der Waals surface area contributed by atoms with E-state index in [1.54, 1.807) is 7.11 Å². The van der Waals surface area contributed by atoms with Gasteiger partial charge >= 0.3 is 0 Å². The van der Waals surface area contributed by atoms with E-state index in [4.69, 9.17) is 9.26 Å². The maximum atomic E-state index is 5.16. The van der Waals surface area contributed by atoms with E-state index in [2.05, 4.69) is 17.1 Å². The summed E-state index contributed by atoms with van der Waals surface area (Å²) in [6.45, 7) is 3.57. The summed E-state index contributed by atoms with van der Waals surface area (Å²) in [4.78, 5) is 4.02. The van der Waals surface area contributed by atoms with Crippen LogP contribution in [-0.2, 0) is 0 Å². The van der Waals surface area contributed by atoms with Gasteiger partial charge in [0.2, 0.25) is 0 Å². The Hall–Kier alpha value is -1.84. The first-order chi connectivity index (χ1) is 6.81. The van der Waals surface area contributed by atoms with Gasteiger partial charge in [-0.2, -0.15) is 4.98 Å². The molecule has 2 aromatic rings. The maximum Gasteiger partial charge on any atom is 0.261 e. The summed E-state index contributed by atoms with van der Waals surface area (Å²) in [7, 11) is 1.60. The number of benzene rings is 1. The van der Waals surface area contributed by atoms with Crippen LogP contribution in [-0.4, -0.2) is 17.3 Å². The Morgan fingerprint density at radius 2 is 2.14 bits per heavy atom. The number of para-hydroxylation sites is 1. The van der Waals surface area contributed by atoms with Crippen LogP contribution in [0.5, 0.6) is 5.75 Å². The third kappa shape index (κ3) is 1.46. The summed E-state index contributed by atoms with van der Waals surface area (Å²) in [5.41, 5.74) is 0.775. The Bertz CT molecular complexity index is 437. The molecule has 71 valence electrons. The Morgan fingerprint density at radius 3 is 2.79 bits per heavy atom. The molecule has 0 unspecified atom stereocenters. The average Bonchev–Trinajstić information content (AvgIpc) is 2.65. The summed E-state index contributed by atoms with van der Waals surface area (Å²) in [5, 5.41) is 3.62. The Kier molecular flexibility index (Phi) is 2.18. The maximum absolute atomic E-state index is 5.16. The zero-order chi connectivity index (χ0) is 9.97. The number of rotatable bonds is 2. The molecule has 0 amide bonds. The van der Waals surface area contributed by atoms with Gasteiger partial charge in [-0.15, -0.1) is 0 Å². The van der Waals surface area contributed by atoms with Crippen LogP contribution in [0.4, 0.5) is 0 Å². The highest BCUT2D eigenvalue weighted by Gasteiger charge is 2.10. The van der Waals surface area contributed by atoms with Crippen LogP contribution in [0.3, 0.4) is 0 Å². The van der Waals surface area contributed by atoms with E-state index in [0.29, 0.717) is 17.5 Å². The monoisotopic (exact) mass is 189 g/mol. The first-order valence-corrected chi connectivity index (χ1v) is 4.10. The quantitative estimate of drug-likeness (QED) is 0.724. The van der Waals surface area contributed by atoms with Crippen molar-refractivity contribution in [2.45, 2.75) is 0 Å². The molecule has 14 heavy (non-hydrogen) atoms. The van der Waals surface area contributed by atoms with Crippen LogP contribution in [0, 0.1) is 6.92 Å². The summed E-state index contributed by atoms with van der Waals surface area (Å²) >= 11 is 0. The van der Waals surface area contributed by atoms with E-state index in [-0.39, 0.29) is 0 Å². The van der Waals surface area contributed by atoms with Gasteiger partial charge in [0.15, 0.2) is 5.82 Å². The smallest absolute Gasteiger partial charge is 0.261 e. The fourth-order valence-corrected chi connectivity index (χ4v) is 1.18. The van der Waals surface area contributed by atoms with Gasteiger partial charge in [0.25, 0.3) is 5.89 Å². The topological polar surface area (TPSA) is 48.2 Å². The molecule has 0 aliphatic heterocycles. The summed E-state index contributed by atoms with van der Waals surface area (Å²) < 4.78 is 10.2. The number of hydrogen-bond donors (Lipinski definition) is 0. The van der Waals surface area contributed by atoms with Crippen molar-refractivity contribution in [1.29, 1.82) is 0 Å². The third-order valence-electron chi connectivity index (χ3n) is 1.81. The minimum absolute atomic E-state index is 0.367. The lowest BCUT2D eigenvalue weighted by atomic mass is 10.2. The Balaban J connectivity index is 2.50. The van der Waals surface area contributed by atoms with Crippen LogP contribution in [0.1, 0.15) is 5.82 Å². The lowest BCUT2D eigenvalue weighted by Crippen LogP contribution is -1.87. The van der Waals surface area contributed by atoms with Crippen LogP contribution in [0.2, 0.25) is 0 Å². The summed E-state index contributed by atoms with van der Waals surface area (Å²) in [5.74, 6) is 1.49. The molecule has 1 aromatic carbocycles. The highest BCUT2D eigenvalue weighted by molar-refractivity contribution is 5.62. The predicted molar refractivity (Wildman–Crippen MR) is 50.7 cm³/mol. The Labute approximate surface area is 81.5 Å². The molecular weight excluding hydrogens is 180 g/mol. The Morgan fingerprint density at radius 1 is 1.36 bits per heavy atom. The first kappa shape index (κ1) is 8.74. The zero-order valence-electron chi connectivity index (χ0n) is 7.73. The van der Waals surface area contributed by atoms with Crippen molar-refractivity contribution in [3.05, 3.63) is 37.0 Å². The van der Waals surface area contributed by atoms with E-state index in [0.717, 1.165) is 5.56 Å². The molecule has 0 saturated heterocycles. The molecule has 0 N–H and O–H groups in total. The van der Waals surface area contributed by atoms with Crippen molar-refractivity contribution in [2.75, 3.05) is 7.11 Å². The minimum atomic E-state index is 0.367. The van der Waals surface area contributed by atoms with Crippen LogP contribution >= 0.6 is 0 Å². The van der Waals surface area contributed by atoms with Gasteiger partial charge in [0.05, 0.1) is 12.7 Å². The fourth-order valence-electron chi connectivity index (χ4n) is 1.18. The standard InChI is InChI=1S/C10H9N2O2/c1-7-11-10(14-12-7)8-5-3-4-6-9(8)13-2/h3-6H,1H2,2H3. The largest absolute Gasteiger partial charge is 0.496 e. The zero-order valence-corrected chi connectivity index (χ0v) is 7.73. The molecule has 4 heteroatoms. The van der Waals surface area contributed by atoms with Crippen molar-refractivity contribution in [3.63, 3.8) is 0 Å². The van der Waals surface area contributed by atoms with Crippen molar-refractivity contribution in [2.24, 2.45) is 0 Å². The van der Waals surface area contributed by atoms with Crippen LogP contribution in [0.25, 0.3) is 11.5 Å². The van der Waals surface area contributed by atoms with E-state index in [1.165, 1.54) is 0 Å². The second-order valence-corrected chi connectivity index (χ2v) is 2.72. The van der Waals surface area contributed by atoms with Crippen molar-refractivity contribution >= 4 is 0 Å². The molecular formula is C10H9N2O2. The minimum Gasteiger partial charge on any atom is -0.496 e. The molecule has 0 atom stereocenters. The molecule has 0 fully saturated rings. The van der Waals surface area contributed by atoms with E-state index in [1.807, 2.05) is 24.3 Å². The van der Waals surface area contributed by atoms with Gasteiger partial charge in [0.1, 0.15) is 5.75 Å².